The molecular formula is C24H35IN6O2. The minimum atomic E-state index is -0.235. The largest absolute Gasteiger partial charge is 0.496 e. The van der Waals surface area contributed by atoms with Crippen LogP contribution in [0.1, 0.15) is 29.5 Å². The highest BCUT2D eigenvalue weighted by molar-refractivity contribution is 14.0. The standard InChI is InChI=1S/C24H34N6O2.HI/c1-17-8-9-18(14-21(17)32-3)10-12-28-24(26-2)29-15-19-6-4-11-27-23(19)30-13-5-7-20(16-30)22(25)31;/h4,6,8-9,11,14,20H,5,7,10,12-13,15-16H2,1-3H3,(H2,25,31)(H2,26,28,29);1H. The molecule has 0 radical (unpaired) electrons. The number of aromatic nitrogens is 1. The molecule has 9 heteroatoms. The van der Waals surface area contributed by atoms with Crippen LogP contribution in [0.4, 0.5) is 5.82 Å². The Hall–Kier alpha value is -2.56. The van der Waals surface area contributed by atoms with Crippen molar-refractivity contribution < 1.29 is 9.53 Å². The highest BCUT2D eigenvalue weighted by Gasteiger charge is 2.25. The van der Waals surface area contributed by atoms with Gasteiger partial charge in [0, 0.05) is 45.0 Å². The van der Waals surface area contributed by atoms with Crippen LogP contribution in [0.5, 0.6) is 5.75 Å². The molecule has 3 rings (SSSR count). The van der Waals surface area contributed by atoms with E-state index < -0.39 is 0 Å². The molecule has 1 aliphatic heterocycles. The molecule has 0 aliphatic carbocycles. The fraction of sp³-hybridized carbons (Fsp3) is 0.458. The molecule has 8 nitrogen and oxygen atoms in total. The van der Waals surface area contributed by atoms with Gasteiger partial charge in [0.05, 0.1) is 13.0 Å². The lowest BCUT2D eigenvalue weighted by Crippen LogP contribution is -2.42. The van der Waals surface area contributed by atoms with Crippen LogP contribution in [0.3, 0.4) is 0 Å². The topological polar surface area (TPSA) is 105 Å². The zero-order valence-corrected chi connectivity index (χ0v) is 22.0. The number of carbonyl (C=O) groups excluding carboxylic acids is 1. The number of hydrogen-bond donors (Lipinski definition) is 3. The number of aryl methyl sites for hydroxylation is 1. The number of benzene rings is 1. The average Bonchev–Trinajstić information content (AvgIpc) is 2.82. The number of halogens is 1. The third-order valence-corrected chi connectivity index (χ3v) is 5.84. The number of nitrogens with zero attached hydrogens (tertiary/aromatic N) is 3. The van der Waals surface area contributed by atoms with E-state index in [1.165, 1.54) is 5.56 Å². The average molecular weight is 566 g/mol. The lowest BCUT2D eigenvalue weighted by molar-refractivity contribution is -0.122. The molecule has 1 saturated heterocycles. The number of guanidine groups is 1. The molecule has 1 aromatic heterocycles. The van der Waals surface area contributed by atoms with Gasteiger partial charge >= 0.3 is 0 Å². The third-order valence-electron chi connectivity index (χ3n) is 5.84. The van der Waals surface area contributed by atoms with Crippen molar-refractivity contribution >= 4 is 41.7 Å². The monoisotopic (exact) mass is 566 g/mol. The molecule has 0 bridgehead atoms. The van der Waals surface area contributed by atoms with Crippen LogP contribution in [0, 0.1) is 12.8 Å². The van der Waals surface area contributed by atoms with Gasteiger partial charge < -0.3 is 26.0 Å². The number of piperidine rings is 1. The van der Waals surface area contributed by atoms with Crippen molar-refractivity contribution in [2.75, 3.05) is 38.7 Å². The molecule has 1 aromatic carbocycles. The number of hydrogen-bond acceptors (Lipinski definition) is 5. The van der Waals surface area contributed by atoms with Crippen molar-refractivity contribution in [2.24, 2.45) is 16.6 Å². The van der Waals surface area contributed by atoms with Crippen molar-refractivity contribution in [3.63, 3.8) is 0 Å². The number of amides is 1. The van der Waals surface area contributed by atoms with Crippen LogP contribution in [0.25, 0.3) is 0 Å². The Labute approximate surface area is 213 Å². The summed E-state index contributed by atoms with van der Waals surface area (Å²) in [6, 6.07) is 10.3. The number of primary amides is 1. The second-order valence-electron chi connectivity index (χ2n) is 8.08. The van der Waals surface area contributed by atoms with Crippen LogP contribution in [-0.2, 0) is 17.8 Å². The SMILES string of the molecule is CN=C(NCCc1ccc(C)c(OC)c1)NCc1cccnc1N1CCCC(C(N)=O)C1.I. The minimum Gasteiger partial charge on any atom is -0.496 e. The third kappa shape index (κ3) is 7.48. The Morgan fingerprint density at radius 3 is 2.88 bits per heavy atom. The number of pyridine rings is 1. The first-order chi connectivity index (χ1) is 15.5. The van der Waals surface area contributed by atoms with Gasteiger partial charge in [0.25, 0.3) is 0 Å². The Morgan fingerprint density at radius 1 is 1.33 bits per heavy atom. The predicted octanol–water partition coefficient (Wildman–Crippen LogP) is 2.63. The molecule has 1 amide bonds. The summed E-state index contributed by atoms with van der Waals surface area (Å²) < 4.78 is 5.41. The van der Waals surface area contributed by atoms with E-state index in [-0.39, 0.29) is 35.8 Å². The van der Waals surface area contributed by atoms with Gasteiger partial charge in [-0.1, -0.05) is 18.2 Å². The van der Waals surface area contributed by atoms with Crippen molar-refractivity contribution in [2.45, 2.75) is 32.7 Å². The van der Waals surface area contributed by atoms with Gasteiger partial charge in [-0.05, 0) is 49.4 Å². The highest BCUT2D eigenvalue weighted by atomic mass is 127. The summed E-state index contributed by atoms with van der Waals surface area (Å²) in [6.45, 7) is 4.86. The number of nitrogens with one attached hydrogen (secondary N) is 2. The van der Waals surface area contributed by atoms with E-state index in [0.717, 1.165) is 61.0 Å². The summed E-state index contributed by atoms with van der Waals surface area (Å²) in [5.41, 5.74) is 8.94. The van der Waals surface area contributed by atoms with E-state index in [1.54, 1.807) is 20.4 Å². The van der Waals surface area contributed by atoms with Crippen LogP contribution < -0.4 is 26.0 Å². The molecule has 33 heavy (non-hydrogen) atoms. The maximum absolute atomic E-state index is 11.7. The zero-order valence-electron chi connectivity index (χ0n) is 19.6. The number of rotatable bonds is 8. The quantitative estimate of drug-likeness (QED) is 0.258. The summed E-state index contributed by atoms with van der Waals surface area (Å²) in [5.74, 6) is 2.17. The first kappa shape index (κ1) is 26.7. The lowest BCUT2D eigenvalue weighted by Gasteiger charge is -2.33. The molecule has 0 spiro atoms. The van der Waals surface area contributed by atoms with Gasteiger partial charge in [-0.2, -0.15) is 0 Å². The fourth-order valence-corrected chi connectivity index (χ4v) is 4.00. The van der Waals surface area contributed by atoms with E-state index in [4.69, 9.17) is 10.5 Å². The van der Waals surface area contributed by atoms with E-state index >= 15 is 0 Å². The number of ether oxygens (including phenoxy) is 1. The summed E-state index contributed by atoms with van der Waals surface area (Å²) in [7, 11) is 3.46. The Kier molecular flexibility index (Phi) is 10.7. The molecule has 1 unspecified atom stereocenters. The first-order valence-corrected chi connectivity index (χ1v) is 11.1. The zero-order chi connectivity index (χ0) is 22.9. The highest BCUT2D eigenvalue weighted by Crippen LogP contribution is 2.24. The fourth-order valence-electron chi connectivity index (χ4n) is 4.00. The van der Waals surface area contributed by atoms with Crippen LogP contribution in [-0.4, -0.2) is 50.6 Å². The number of aliphatic imine (C=N–C) groups is 1. The normalized spacial score (nSPS) is 16.0. The van der Waals surface area contributed by atoms with Gasteiger partial charge in [0.1, 0.15) is 11.6 Å². The molecule has 2 aromatic rings. The van der Waals surface area contributed by atoms with Crippen molar-refractivity contribution in [3.8, 4) is 5.75 Å². The van der Waals surface area contributed by atoms with Gasteiger partial charge in [0.2, 0.25) is 5.91 Å². The maximum Gasteiger partial charge on any atom is 0.222 e. The van der Waals surface area contributed by atoms with Crippen LogP contribution >= 0.6 is 24.0 Å². The van der Waals surface area contributed by atoms with E-state index in [1.807, 2.05) is 13.0 Å². The van der Waals surface area contributed by atoms with Gasteiger partial charge in [-0.15, -0.1) is 24.0 Å². The Morgan fingerprint density at radius 2 is 2.15 bits per heavy atom. The summed E-state index contributed by atoms with van der Waals surface area (Å²) in [6.07, 6.45) is 4.42. The van der Waals surface area contributed by atoms with Crippen molar-refractivity contribution in [1.82, 2.24) is 15.6 Å². The second kappa shape index (κ2) is 13.2. The molecule has 1 atom stereocenters. The van der Waals surface area contributed by atoms with Crippen LogP contribution in [0.15, 0.2) is 41.5 Å². The summed E-state index contributed by atoms with van der Waals surface area (Å²) >= 11 is 0. The lowest BCUT2D eigenvalue weighted by atomic mass is 9.97. The molecule has 1 fully saturated rings. The minimum absolute atomic E-state index is 0. The smallest absolute Gasteiger partial charge is 0.222 e. The van der Waals surface area contributed by atoms with Gasteiger partial charge in [0.15, 0.2) is 5.96 Å². The van der Waals surface area contributed by atoms with Crippen LogP contribution in [0.2, 0.25) is 0 Å². The summed E-state index contributed by atoms with van der Waals surface area (Å²) in [4.78, 5) is 22.7. The molecule has 2 heterocycles. The number of nitrogens with two attached hydrogens (primary N) is 1. The molecule has 4 N–H and O–H groups in total. The van der Waals surface area contributed by atoms with Gasteiger partial charge in [-0.3, -0.25) is 9.79 Å². The second-order valence-corrected chi connectivity index (χ2v) is 8.08. The molecule has 1 aliphatic rings. The van der Waals surface area contributed by atoms with Crippen molar-refractivity contribution in [3.05, 3.63) is 53.2 Å². The maximum atomic E-state index is 11.7. The predicted molar refractivity (Wildman–Crippen MR) is 143 cm³/mol. The molecular weight excluding hydrogens is 531 g/mol. The molecule has 180 valence electrons. The van der Waals surface area contributed by atoms with E-state index in [9.17, 15) is 4.79 Å². The number of anilines is 1. The number of carbonyl (C=O) groups is 1. The number of methoxy groups -OCH3 is 1. The van der Waals surface area contributed by atoms with E-state index in [0.29, 0.717) is 13.1 Å². The van der Waals surface area contributed by atoms with E-state index in [2.05, 4.69) is 49.8 Å². The summed E-state index contributed by atoms with van der Waals surface area (Å²) in [5, 5.41) is 6.74. The van der Waals surface area contributed by atoms with Crippen molar-refractivity contribution in [1.29, 1.82) is 0 Å². The Bertz CT molecular complexity index is 952. The van der Waals surface area contributed by atoms with Gasteiger partial charge in [-0.25, -0.2) is 4.98 Å². The first-order valence-electron chi connectivity index (χ1n) is 11.1. The molecule has 0 saturated carbocycles. The Balaban J connectivity index is 0.00000385.